The summed E-state index contributed by atoms with van der Waals surface area (Å²) in [6.07, 6.45) is 4.88. The van der Waals surface area contributed by atoms with Crippen LogP contribution in [-0.4, -0.2) is 25.1 Å². The summed E-state index contributed by atoms with van der Waals surface area (Å²) in [5, 5.41) is 3.93. The average Bonchev–Trinajstić information content (AvgIpc) is 3.23. The molecule has 0 atom stereocenters. The lowest BCUT2D eigenvalue weighted by molar-refractivity contribution is 0.372. The van der Waals surface area contributed by atoms with Gasteiger partial charge in [-0.1, -0.05) is 24.1 Å². The highest BCUT2D eigenvalue weighted by Gasteiger charge is 2.36. The summed E-state index contributed by atoms with van der Waals surface area (Å²) in [7, 11) is -4.02. The molecule has 7 nitrogen and oxygen atoms in total. The normalized spacial score (nSPS) is 16.2. The van der Waals surface area contributed by atoms with Gasteiger partial charge in [-0.3, -0.25) is 0 Å². The molecule has 3 rings (SSSR count). The van der Waals surface area contributed by atoms with Gasteiger partial charge < -0.3 is 10.3 Å². The SMILES string of the molecule is C=CCNS(=O)(=O)c1cc(-c2nc(C3(N)CCCC3)no2)ccc1F.Cl. The predicted octanol–water partition coefficient (Wildman–Crippen LogP) is 2.49. The maximum absolute atomic E-state index is 14.0. The van der Waals surface area contributed by atoms with Crippen LogP contribution >= 0.6 is 12.4 Å². The zero-order chi connectivity index (χ0) is 18.1. The van der Waals surface area contributed by atoms with Crippen molar-refractivity contribution in [2.24, 2.45) is 5.73 Å². The molecule has 10 heteroatoms. The zero-order valence-electron chi connectivity index (χ0n) is 13.9. The third kappa shape index (κ3) is 3.96. The number of sulfonamides is 1. The van der Waals surface area contributed by atoms with E-state index in [1.807, 2.05) is 0 Å². The van der Waals surface area contributed by atoms with Crippen LogP contribution in [0.3, 0.4) is 0 Å². The second kappa shape index (κ2) is 7.83. The fourth-order valence-electron chi connectivity index (χ4n) is 2.86. The molecule has 2 aromatic rings. The number of nitrogens with zero attached hydrogens (tertiary/aromatic N) is 2. The Balaban J connectivity index is 0.00000243. The Morgan fingerprint density at radius 3 is 2.73 bits per heavy atom. The van der Waals surface area contributed by atoms with Crippen LogP contribution in [0, 0.1) is 5.82 Å². The van der Waals surface area contributed by atoms with Gasteiger partial charge in [0.2, 0.25) is 10.0 Å². The first-order valence-electron chi connectivity index (χ1n) is 7.89. The van der Waals surface area contributed by atoms with E-state index in [0.717, 1.165) is 37.8 Å². The van der Waals surface area contributed by atoms with E-state index in [2.05, 4.69) is 21.4 Å². The van der Waals surface area contributed by atoms with Gasteiger partial charge in [-0.2, -0.15) is 4.98 Å². The van der Waals surface area contributed by atoms with E-state index in [0.29, 0.717) is 11.4 Å². The molecular formula is C16H20ClFN4O3S. The minimum Gasteiger partial charge on any atom is -0.334 e. The van der Waals surface area contributed by atoms with Crippen molar-refractivity contribution in [1.29, 1.82) is 0 Å². The smallest absolute Gasteiger partial charge is 0.258 e. The molecule has 3 N–H and O–H groups in total. The van der Waals surface area contributed by atoms with Crippen molar-refractivity contribution < 1.29 is 17.3 Å². The lowest BCUT2D eigenvalue weighted by Crippen LogP contribution is -2.34. The van der Waals surface area contributed by atoms with Gasteiger partial charge in [0.05, 0.1) is 5.54 Å². The third-order valence-corrected chi connectivity index (χ3v) is 5.69. The topological polar surface area (TPSA) is 111 Å². The largest absolute Gasteiger partial charge is 0.334 e. The molecule has 1 aromatic heterocycles. The minimum absolute atomic E-state index is 0. The molecule has 1 aliphatic carbocycles. The number of hydrogen-bond acceptors (Lipinski definition) is 6. The molecule has 1 aromatic carbocycles. The second-order valence-corrected chi connectivity index (χ2v) is 7.81. The average molecular weight is 403 g/mol. The highest BCUT2D eigenvalue weighted by molar-refractivity contribution is 7.89. The van der Waals surface area contributed by atoms with Crippen LogP contribution in [0.5, 0.6) is 0 Å². The van der Waals surface area contributed by atoms with Crippen molar-refractivity contribution in [3.8, 4) is 11.5 Å². The van der Waals surface area contributed by atoms with Gasteiger partial charge in [0, 0.05) is 12.1 Å². The fraction of sp³-hybridized carbons (Fsp3) is 0.375. The summed E-state index contributed by atoms with van der Waals surface area (Å²) in [6, 6.07) is 3.60. The number of rotatable bonds is 6. The summed E-state index contributed by atoms with van der Waals surface area (Å²) >= 11 is 0. The Labute approximate surface area is 157 Å². The fourth-order valence-corrected chi connectivity index (χ4v) is 3.96. The third-order valence-electron chi connectivity index (χ3n) is 4.25. The second-order valence-electron chi connectivity index (χ2n) is 6.07. The summed E-state index contributed by atoms with van der Waals surface area (Å²) in [5.41, 5.74) is 5.97. The van der Waals surface area contributed by atoms with E-state index in [1.165, 1.54) is 12.1 Å². The van der Waals surface area contributed by atoms with E-state index in [-0.39, 0.29) is 24.8 Å². The quantitative estimate of drug-likeness (QED) is 0.718. The van der Waals surface area contributed by atoms with Gasteiger partial charge >= 0.3 is 0 Å². The monoisotopic (exact) mass is 402 g/mol. The summed E-state index contributed by atoms with van der Waals surface area (Å²) in [5.74, 6) is -0.378. The Kier molecular flexibility index (Phi) is 6.17. The van der Waals surface area contributed by atoms with Crippen molar-refractivity contribution in [2.45, 2.75) is 36.1 Å². The van der Waals surface area contributed by atoms with Crippen molar-refractivity contribution >= 4 is 22.4 Å². The van der Waals surface area contributed by atoms with E-state index in [9.17, 15) is 12.8 Å². The molecule has 1 heterocycles. The van der Waals surface area contributed by atoms with E-state index in [1.54, 1.807) is 0 Å². The molecule has 0 amide bonds. The predicted molar refractivity (Wildman–Crippen MR) is 96.7 cm³/mol. The minimum atomic E-state index is -4.02. The molecule has 1 fully saturated rings. The van der Waals surface area contributed by atoms with Gasteiger partial charge in [0.15, 0.2) is 5.82 Å². The molecule has 0 unspecified atom stereocenters. The molecule has 26 heavy (non-hydrogen) atoms. The van der Waals surface area contributed by atoms with Gasteiger partial charge in [0.25, 0.3) is 5.89 Å². The van der Waals surface area contributed by atoms with Crippen LogP contribution in [-0.2, 0) is 15.6 Å². The van der Waals surface area contributed by atoms with Crippen molar-refractivity contribution in [3.63, 3.8) is 0 Å². The Bertz CT molecular complexity index is 895. The summed E-state index contributed by atoms with van der Waals surface area (Å²) < 4.78 is 45.8. The number of halogens is 2. The zero-order valence-corrected chi connectivity index (χ0v) is 15.6. The van der Waals surface area contributed by atoms with E-state index >= 15 is 0 Å². The van der Waals surface area contributed by atoms with Crippen LogP contribution in [0.25, 0.3) is 11.5 Å². The van der Waals surface area contributed by atoms with Crippen LogP contribution in [0.1, 0.15) is 31.5 Å². The van der Waals surface area contributed by atoms with Crippen molar-refractivity contribution in [3.05, 3.63) is 42.5 Å². The molecule has 1 aliphatic rings. The molecule has 1 saturated carbocycles. The van der Waals surface area contributed by atoms with Gasteiger partial charge in [0.1, 0.15) is 10.7 Å². The van der Waals surface area contributed by atoms with Gasteiger partial charge in [-0.15, -0.1) is 19.0 Å². The van der Waals surface area contributed by atoms with Crippen molar-refractivity contribution in [2.75, 3.05) is 6.54 Å². The van der Waals surface area contributed by atoms with Crippen molar-refractivity contribution in [1.82, 2.24) is 14.9 Å². The number of nitrogens with one attached hydrogen (secondary N) is 1. The lowest BCUT2D eigenvalue weighted by Gasteiger charge is -2.17. The number of aromatic nitrogens is 2. The number of hydrogen-bond donors (Lipinski definition) is 2. The standard InChI is InChI=1S/C16H19FN4O3S.ClH/c1-2-9-19-25(22,23)13-10-11(5-6-12(13)17)14-20-15(21-24-14)16(18)7-3-4-8-16;/h2,5-6,10,19H,1,3-4,7-9,18H2;1H. The maximum Gasteiger partial charge on any atom is 0.258 e. The number of benzene rings is 1. The molecule has 142 valence electrons. The Hall–Kier alpha value is -1.81. The molecule has 0 bridgehead atoms. The highest BCUT2D eigenvalue weighted by atomic mass is 35.5. The van der Waals surface area contributed by atoms with Gasteiger partial charge in [-0.25, -0.2) is 17.5 Å². The lowest BCUT2D eigenvalue weighted by atomic mass is 9.99. The molecule has 0 spiro atoms. The first-order chi connectivity index (χ1) is 11.9. The van der Waals surface area contributed by atoms with Crippen LogP contribution in [0.4, 0.5) is 4.39 Å². The van der Waals surface area contributed by atoms with Crippen LogP contribution in [0.2, 0.25) is 0 Å². The first kappa shape index (κ1) is 20.5. The van der Waals surface area contributed by atoms with E-state index in [4.69, 9.17) is 10.3 Å². The van der Waals surface area contributed by atoms with Crippen LogP contribution in [0.15, 0.2) is 40.3 Å². The van der Waals surface area contributed by atoms with Gasteiger partial charge in [-0.05, 0) is 31.0 Å². The molecule has 0 aliphatic heterocycles. The maximum atomic E-state index is 14.0. The van der Waals surface area contributed by atoms with Crippen LogP contribution < -0.4 is 10.5 Å². The summed E-state index contributed by atoms with van der Waals surface area (Å²) in [4.78, 5) is 3.80. The Morgan fingerprint density at radius 1 is 1.38 bits per heavy atom. The number of nitrogens with two attached hydrogens (primary N) is 1. The summed E-state index contributed by atoms with van der Waals surface area (Å²) in [6.45, 7) is 3.42. The molecule has 0 radical (unpaired) electrons. The molecule has 0 saturated heterocycles. The highest BCUT2D eigenvalue weighted by Crippen LogP contribution is 2.35. The Morgan fingerprint density at radius 2 is 2.08 bits per heavy atom. The first-order valence-corrected chi connectivity index (χ1v) is 9.38. The van der Waals surface area contributed by atoms with E-state index < -0.39 is 26.3 Å². The molecular weight excluding hydrogens is 383 g/mol.